The third kappa shape index (κ3) is 2.97. The number of nitrogens with zero attached hydrogens (tertiary/aromatic N) is 2. The predicted octanol–water partition coefficient (Wildman–Crippen LogP) is 3.34. The van der Waals surface area contributed by atoms with Gasteiger partial charge in [-0.25, -0.2) is 4.98 Å². The van der Waals surface area contributed by atoms with Gasteiger partial charge in [0.05, 0.1) is 17.6 Å². The number of fused-ring (bicyclic) bond motifs is 1. The van der Waals surface area contributed by atoms with Crippen molar-refractivity contribution < 1.29 is 4.79 Å². The molecule has 0 saturated heterocycles. The number of aromatic nitrogens is 4. The molecule has 0 radical (unpaired) electrons. The van der Waals surface area contributed by atoms with Crippen LogP contribution in [0.25, 0.3) is 16.7 Å². The second-order valence-corrected chi connectivity index (χ2v) is 5.92. The molecule has 0 saturated carbocycles. The Labute approximate surface area is 148 Å². The number of carbonyl (C=O) groups excluding carboxylic acids is 1. The van der Waals surface area contributed by atoms with E-state index in [4.69, 9.17) is 12.2 Å². The van der Waals surface area contributed by atoms with Gasteiger partial charge in [0.15, 0.2) is 4.77 Å². The minimum atomic E-state index is -0.225. The predicted molar refractivity (Wildman–Crippen MR) is 98.2 cm³/mol. The molecule has 0 aliphatic heterocycles. The highest BCUT2D eigenvalue weighted by Crippen LogP contribution is 2.13. The molecule has 0 bridgehead atoms. The van der Waals surface area contributed by atoms with Crippen molar-refractivity contribution >= 4 is 29.2 Å². The van der Waals surface area contributed by atoms with Gasteiger partial charge in [-0.05, 0) is 36.5 Å². The topological polar surface area (TPSA) is 78.5 Å². The zero-order valence-corrected chi connectivity index (χ0v) is 14.0. The molecule has 4 rings (SSSR count). The monoisotopic (exact) mass is 349 g/mol. The number of amides is 1. The molecule has 0 aliphatic carbocycles. The van der Waals surface area contributed by atoms with Crippen LogP contribution in [0.15, 0.2) is 60.8 Å². The average Bonchev–Trinajstić information content (AvgIpc) is 3.23. The fraction of sp³-hybridized carbons (Fsp3) is 0.0556. The fourth-order valence-corrected chi connectivity index (χ4v) is 2.98. The maximum Gasteiger partial charge on any atom is 0.270 e. The van der Waals surface area contributed by atoms with Crippen LogP contribution >= 0.6 is 12.2 Å². The first-order valence-electron chi connectivity index (χ1n) is 7.80. The van der Waals surface area contributed by atoms with Crippen LogP contribution in [-0.2, 0) is 6.54 Å². The number of benzene rings is 2. The average molecular weight is 349 g/mol. The van der Waals surface area contributed by atoms with E-state index in [1.807, 2.05) is 54.6 Å². The van der Waals surface area contributed by atoms with Crippen LogP contribution in [0.2, 0.25) is 0 Å². The van der Waals surface area contributed by atoms with Gasteiger partial charge in [-0.2, -0.15) is 0 Å². The summed E-state index contributed by atoms with van der Waals surface area (Å²) in [7, 11) is 0. The van der Waals surface area contributed by atoms with Crippen molar-refractivity contribution in [1.82, 2.24) is 24.8 Å². The number of carbonyl (C=O) groups is 1. The van der Waals surface area contributed by atoms with E-state index in [1.54, 1.807) is 10.8 Å². The summed E-state index contributed by atoms with van der Waals surface area (Å²) in [5.41, 5.74) is 3.11. The van der Waals surface area contributed by atoms with Crippen molar-refractivity contribution in [3.8, 4) is 5.69 Å². The summed E-state index contributed by atoms with van der Waals surface area (Å²) in [4.78, 5) is 23.2. The van der Waals surface area contributed by atoms with Crippen molar-refractivity contribution in [2.75, 3.05) is 0 Å². The summed E-state index contributed by atoms with van der Waals surface area (Å²) in [6.45, 7) is 0.306. The van der Waals surface area contributed by atoms with Crippen LogP contribution in [0.5, 0.6) is 0 Å². The molecule has 0 atom stereocenters. The largest absolute Gasteiger partial charge is 0.343 e. The lowest BCUT2D eigenvalue weighted by Crippen LogP contribution is -2.25. The van der Waals surface area contributed by atoms with E-state index < -0.39 is 0 Å². The van der Waals surface area contributed by atoms with Crippen LogP contribution in [0.4, 0.5) is 0 Å². The Morgan fingerprint density at radius 2 is 1.88 bits per heavy atom. The Kier molecular flexibility index (Phi) is 3.91. The zero-order chi connectivity index (χ0) is 17.2. The van der Waals surface area contributed by atoms with E-state index in [-0.39, 0.29) is 5.91 Å². The van der Waals surface area contributed by atoms with Gasteiger partial charge in [0.1, 0.15) is 11.5 Å². The third-order valence-corrected chi connectivity index (χ3v) is 4.18. The molecule has 124 valence electrons. The van der Waals surface area contributed by atoms with Crippen LogP contribution in [0.3, 0.4) is 0 Å². The van der Waals surface area contributed by atoms with Gasteiger partial charge in [0, 0.05) is 11.9 Å². The number of aromatic amines is 2. The molecular formula is C18H15N5OS. The molecule has 0 unspecified atom stereocenters. The van der Waals surface area contributed by atoms with E-state index >= 15 is 0 Å². The molecule has 0 spiro atoms. The third-order valence-electron chi connectivity index (χ3n) is 3.88. The van der Waals surface area contributed by atoms with Crippen molar-refractivity contribution in [3.05, 3.63) is 77.1 Å². The number of hydrogen-bond acceptors (Lipinski definition) is 3. The highest BCUT2D eigenvalue weighted by atomic mass is 32.1. The van der Waals surface area contributed by atoms with Crippen molar-refractivity contribution in [2.45, 2.75) is 6.54 Å². The quantitative estimate of drug-likeness (QED) is 0.495. The summed E-state index contributed by atoms with van der Waals surface area (Å²) in [6, 6.07) is 17.3. The molecule has 1 amide bonds. The normalized spacial score (nSPS) is 10.9. The lowest BCUT2D eigenvalue weighted by molar-refractivity contribution is 0.0943. The molecule has 25 heavy (non-hydrogen) atoms. The second-order valence-electron chi connectivity index (χ2n) is 5.53. The summed E-state index contributed by atoms with van der Waals surface area (Å²) >= 11 is 5.30. The lowest BCUT2D eigenvalue weighted by Gasteiger charge is -2.08. The Hall–Kier alpha value is -3.19. The molecule has 0 aliphatic rings. The summed E-state index contributed by atoms with van der Waals surface area (Å²) in [5, 5.41) is 2.88. The van der Waals surface area contributed by atoms with Crippen LogP contribution in [0.1, 0.15) is 16.3 Å². The molecule has 3 N–H and O–H groups in total. The van der Waals surface area contributed by atoms with Gasteiger partial charge < -0.3 is 15.3 Å². The van der Waals surface area contributed by atoms with Crippen molar-refractivity contribution in [1.29, 1.82) is 0 Å². The minimum absolute atomic E-state index is 0.225. The van der Waals surface area contributed by atoms with E-state index in [2.05, 4.69) is 20.3 Å². The number of hydrogen-bond donors (Lipinski definition) is 3. The highest BCUT2D eigenvalue weighted by Gasteiger charge is 2.14. The first-order chi connectivity index (χ1) is 12.2. The summed E-state index contributed by atoms with van der Waals surface area (Å²) in [5.74, 6) is 0.478. The van der Waals surface area contributed by atoms with Gasteiger partial charge in [-0.1, -0.05) is 30.3 Å². The standard InChI is InChI=1S/C18H15N5OS/c24-17(19-11-16-21-13-8-4-5-9-14(13)22-16)15-10-20-18(25)23(15)12-6-2-1-3-7-12/h1-10H,11H2,(H,19,24)(H,20,25)(H,21,22). The van der Waals surface area contributed by atoms with Gasteiger partial charge in [-0.3, -0.25) is 9.36 Å². The Balaban J connectivity index is 1.57. The second kappa shape index (κ2) is 6.37. The Bertz CT molecular complexity index is 1060. The molecule has 4 aromatic rings. The first-order valence-corrected chi connectivity index (χ1v) is 8.21. The van der Waals surface area contributed by atoms with Crippen LogP contribution in [-0.4, -0.2) is 25.4 Å². The lowest BCUT2D eigenvalue weighted by atomic mass is 10.3. The molecule has 2 heterocycles. The first kappa shape index (κ1) is 15.3. The SMILES string of the molecule is O=C(NCc1nc2ccccc2[nH]1)c1c[nH]c(=S)n1-c1ccccc1. The van der Waals surface area contributed by atoms with Crippen molar-refractivity contribution in [3.63, 3.8) is 0 Å². The number of para-hydroxylation sites is 3. The molecule has 2 aromatic carbocycles. The minimum Gasteiger partial charge on any atom is -0.343 e. The molecule has 6 nitrogen and oxygen atoms in total. The van der Waals surface area contributed by atoms with Crippen molar-refractivity contribution in [2.24, 2.45) is 0 Å². The zero-order valence-electron chi connectivity index (χ0n) is 13.2. The number of imidazole rings is 2. The van der Waals surface area contributed by atoms with Gasteiger partial charge in [-0.15, -0.1) is 0 Å². The van der Waals surface area contributed by atoms with Gasteiger partial charge in [0.25, 0.3) is 5.91 Å². The summed E-state index contributed by atoms with van der Waals surface area (Å²) < 4.78 is 2.18. The van der Waals surface area contributed by atoms with Gasteiger partial charge >= 0.3 is 0 Å². The smallest absolute Gasteiger partial charge is 0.270 e. The molecular weight excluding hydrogens is 334 g/mol. The molecule has 0 fully saturated rings. The van der Waals surface area contributed by atoms with Crippen LogP contribution < -0.4 is 5.32 Å². The number of nitrogens with one attached hydrogen (secondary N) is 3. The van der Waals surface area contributed by atoms with E-state index in [9.17, 15) is 4.79 Å². The highest BCUT2D eigenvalue weighted by molar-refractivity contribution is 7.71. The van der Waals surface area contributed by atoms with Crippen LogP contribution in [0, 0.1) is 4.77 Å². The van der Waals surface area contributed by atoms with E-state index in [0.29, 0.717) is 22.8 Å². The fourth-order valence-electron chi connectivity index (χ4n) is 2.71. The molecule has 2 aromatic heterocycles. The maximum absolute atomic E-state index is 12.6. The Morgan fingerprint density at radius 1 is 1.12 bits per heavy atom. The molecule has 7 heteroatoms. The maximum atomic E-state index is 12.6. The summed E-state index contributed by atoms with van der Waals surface area (Å²) in [6.07, 6.45) is 1.61. The number of rotatable bonds is 4. The van der Waals surface area contributed by atoms with E-state index in [1.165, 1.54) is 0 Å². The van der Waals surface area contributed by atoms with Gasteiger partial charge in [0.2, 0.25) is 0 Å². The Morgan fingerprint density at radius 3 is 2.68 bits per heavy atom. The number of H-pyrrole nitrogens is 2. The van der Waals surface area contributed by atoms with E-state index in [0.717, 1.165) is 16.7 Å².